The molecule has 1 unspecified atom stereocenters. The van der Waals surface area contributed by atoms with Crippen LogP contribution in [0.25, 0.3) is 0 Å². The van der Waals surface area contributed by atoms with Crippen LogP contribution in [0.2, 0.25) is 0 Å². The van der Waals surface area contributed by atoms with Gasteiger partial charge in [-0.1, -0.05) is 13.0 Å². The van der Waals surface area contributed by atoms with E-state index in [0.717, 1.165) is 0 Å². The van der Waals surface area contributed by atoms with Crippen molar-refractivity contribution in [1.29, 1.82) is 0 Å². The van der Waals surface area contributed by atoms with Gasteiger partial charge in [-0.05, 0) is 40.0 Å². The Hall–Kier alpha value is -0.470. The minimum Gasteiger partial charge on any atom is -0.392 e. The van der Waals surface area contributed by atoms with E-state index in [1.54, 1.807) is 12.1 Å². The Morgan fingerprint density at radius 1 is 1.50 bits per heavy atom. The molecule has 0 aliphatic carbocycles. The Morgan fingerprint density at radius 3 is 2.85 bits per heavy atom. The third-order valence-corrected chi connectivity index (χ3v) is 6.34. The van der Waals surface area contributed by atoms with Gasteiger partial charge in [-0.3, -0.25) is 0 Å². The van der Waals surface area contributed by atoms with Crippen LogP contribution in [-0.4, -0.2) is 43.6 Å². The summed E-state index contributed by atoms with van der Waals surface area (Å²) in [4.78, 5) is 0.232. The van der Waals surface area contributed by atoms with Gasteiger partial charge in [0, 0.05) is 17.1 Å². The topological polar surface area (TPSA) is 66.8 Å². The third-order valence-electron chi connectivity index (χ3n) is 3.41. The van der Waals surface area contributed by atoms with Gasteiger partial charge in [-0.25, -0.2) is 8.42 Å². The van der Waals surface area contributed by atoms with E-state index in [4.69, 9.17) is 9.84 Å². The SMILES string of the molecule is CCC1COCCN1S(=O)(=O)c1ccc(CO)cc1Br. The molecule has 0 bridgehead atoms. The van der Waals surface area contributed by atoms with Crippen molar-refractivity contribution in [2.45, 2.75) is 30.9 Å². The van der Waals surface area contributed by atoms with Gasteiger partial charge in [0.2, 0.25) is 10.0 Å². The molecule has 1 fully saturated rings. The fraction of sp³-hybridized carbons (Fsp3) is 0.538. The number of benzene rings is 1. The normalized spacial score (nSPS) is 21.1. The zero-order chi connectivity index (χ0) is 14.8. The maximum absolute atomic E-state index is 12.8. The highest BCUT2D eigenvalue weighted by Gasteiger charge is 2.34. The molecule has 1 heterocycles. The second kappa shape index (κ2) is 6.53. The van der Waals surface area contributed by atoms with E-state index in [-0.39, 0.29) is 17.5 Å². The van der Waals surface area contributed by atoms with Gasteiger partial charge in [-0.2, -0.15) is 4.31 Å². The number of halogens is 1. The lowest BCUT2D eigenvalue weighted by molar-refractivity contribution is 0.0314. The van der Waals surface area contributed by atoms with E-state index in [2.05, 4.69) is 15.9 Å². The largest absolute Gasteiger partial charge is 0.392 e. The molecule has 0 aromatic heterocycles. The Kier molecular flexibility index (Phi) is 5.19. The zero-order valence-electron chi connectivity index (χ0n) is 11.3. The highest BCUT2D eigenvalue weighted by Crippen LogP contribution is 2.29. The summed E-state index contributed by atoms with van der Waals surface area (Å²) in [6, 6.07) is 4.67. The zero-order valence-corrected chi connectivity index (χ0v) is 13.7. The number of sulfonamides is 1. The lowest BCUT2D eigenvalue weighted by atomic mass is 10.2. The number of ether oxygens (including phenoxy) is 1. The molecule has 1 saturated heterocycles. The van der Waals surface area contributed by atoms with Gasteiger partial charge in [0.05, 0.1) is 24.7 Å². The van der Waals surface area contributed by atoms with E-state index >= 15 is 0 Å². The summed E-state index contributed by atoms with van der Waals surface area (Å²) in [5.41, 5.74) is 0.671. The number of morpholine rings is 1. The molecule has 1 N–H and O–H groups in total. The molecule has 1 aromatic carbocycles. The molecule has 0 saturated carbocycles. The van der Waals surface area contributed by atoms with Crippen molar-refractivity contribution < 1.29 is 18.3 Å². The van der Waals surface area contributed by atoms with Crippen molar-refractivity contribution in [1.82, 2.24) is 4.31 Å². The molecule has 0 amide bonds. The van der Waals surface area contributed by atoms with Crippen LogP contribution in [0.4, 0.5) is 0 Å². The van der Waals surface area contributed by atoms with Gasteiger partial charge < -0.3 is 9.84 Å². The first kappa shape index (κ1) is 15.9. The standard InChI is InChI=1S/C13H18BrNO4S/c1-2-11-9-19-6-5-15(11)20(17,18)13-4-3-10(8-16)7-12(13)14/h3-4,7,11,16H,2,5-6,8-9H2,1H3. The molecule has 7 heteroatoms. The monoisotopic (exact) mass is 363 g/mol. The summed E-state index contributed by atoms with van der Waals surface area (Å²) in [6.45, 7) is 3.05. The van der Waals surface area contributed by atoms with Crippen LogP contribution in [0.1, 0.15) is 18.9 Å². The van der Waals surface area contributed by atoms with Crippen LogP contribution in [0.5, 0.6) is 0 Å². The van der Waals surface area contributed by atoms with Crippen molar-refractivity contribution in [3.05, 3.63) is 28.2 Å². The molecular formula is C13H18BrNO4S. The summed E-state index contributed by atoms with van der Waals surface area (Å²) in [5.74, 6) is 0. The van der Waals surface area contributed by atoms with E-state index in [1.807, 2.05) is 6.92 Å². The first-order valence-corrected chi connectivity index (χ1v) is 8.73. The van der Waals surface area contributed by atoms with Crippen molar-refractivity contribution in [2.24, 2.45) is 0 Å². The molecule has 1 atom stereocenters. The smallest absolute Gasteiger partial charge is 0.244 e. The predicted molar refractivity (Wildman–Crippen MR) is 78.9 cm³/mol. The van der Waals surface area contributed by atoms with Gasteiger partial charge in [0.15, 0.2) is 0 Å². The van der Waals surface area contributed by atoms with Gasteiger partial charge >= 0.3 is 0 Å². The Morgan fingerprint density at radius 2 is 2.25 bits per heavy atom. The van der Waals surface area contributed by atoms with Gasteiger partial charge in [-0.15, -0.1) is 0 Å². The number of aliphatic hydroxyl groups excluding tert-OH is 1. The van der Waals surface area contributed by atoms with Crippen LogP contribution in [0.15, 0.2) is 27.6 Å². The number of hydrogen-bond donors (Lipinski definition) is 1. The van der Waals surface area contributed by atoms with Crippen molar-refractivity contribution in [3.63, 3.8) is 0 Å². The Labute approximate surface area is 127 Å². The minimum atomic E-state index is -3.55. The second-order valence-electron chi connectivity index (χ2n) is 4.68. The van der Waals surface area contributed by atoms with E-state index in [9.17, 15) is 8.42 Å². The molecule has 0 spiro atoms. The second-order valence-corrected chi connectivity index (χ2v) is 7.39. The Balaban J connectivity index is 2.38. The number of hydrogen-bond acceptors (Lipinski definition) is 4. The molecule has 1 aromatic rings. The van der Waals surface area contributed by atoms with Gasteiger partial charge in [0.25, 0.3) is 0 Å². The van der Waals surface area contributed by atoms with Crippen molar-refractivity contribution in [3.8, 4) is 0 Å². The summed E-state index contributed by atoms with van der Waals surface area (Å²) in [6.07, 6.45) is 0.714. The highest BCUT2D eigenvalue weighted by molar-refractivity contribution is 9.10. The maximum atomic E-state index is 12.8. The number of rotatable bonds is 4. The first-order chi connectivity index (χ1) is 9.50. The average Bonchev–Trinajstić information content (AvgIpc) is 2.46. The van der Waals surface area contributed by atoms with E-state index < -0.39 is 10.0 Å². The number of aliphatic hydroxyl groups is 1. The van der Waals surface area contributed by atoms with E-state index in [1.165, 1.54) is 10.4 Å². The van der Waals surface area contributed by atoms with Gasteiger partial charge in [0.1, 0.15) is 0 Å². The minimum absolute atomic E-state index is 0.117. The molecule has 112 valence electrons. The fourth-order valence-electron chi connectivity index (χ4n) is 2.26. The van der Waals surface area contributed by atoms with Crippen LogP contribution in [-0.2, 0) is 21.4 Å². The average molecular weight is 364 g/mol. The molecule has 20 heavy (non-hydrogen) atoms. The fourth-order valence-corrected chi connectivity index (χ4v) is 5.01. The maximum Gasteiger partial charge on any atom is 0.244 e. The van der Waals surface area contributed by atoms with Crippen molar-refractivity contribution >= 4 is 26.0 Å². The van der Waals surface area contributed by atoms with Crippen LogP contribution >= 0.6 is 15.9 Å². The Bertz CT molecular complexity index is 576. The lowest BCUT2D eigenvalue weighted by Gasteiger charge is -2.34. The molecule has 2 rings (SSSR count). The first-order valence-electron chi connectivity index (χ1n) is 6.49. The highest BCUT2D eigenvalue weighted by atomic mass is 79.9. The summed E-state index contributed by atoms with van der Waals surface area (Å²) in [5, 5.41) is 9.09. The third kappa shape index (κ3) is 3.07. The molecular weight excluding hydrogens is 346 g/mol. The molecule has 0 radical (unpaired) electrons. The van der Waals surface area contributed by atoms with Crippen LogP contribution in [0, 0.1) is 0 Å². The van der Waals surface area contributed by atoms with Crippen LogP contribution < -0.4 is 0 Å². The summed E-state index contributed by atoms with van der Waals surface area (Å²) < 4.78 is 32.8. The van der Waals surface area contributed by atoms with Crippen LogP contribution in [0.3, 0.4) is 0 Å². The lowest BCUT2D eigenvalue weighted by Crippen LogP contribution is -2.48. The van der Waals surface area contributed by atoms with Crippen molar-refractivity contribution in [2.75, 3.05) is 19.8 Å². The molecule has 5 nitrogen and oxygen atoms in total. The summed E-state index contributed by atoms with van der Waals surface area (Å²) >= 11 is 3.28. The van der Waals surface area contributed by atoms with E-state index in [0.29, 0.717) is 36.2 Å². The number of nitrogens with zero attached hydrogens (tertiary/aromatic N) is 1. The quantitative estimate of drug-likeness (QED) is 0.884. The predicted octanol–water partition coefficient (Wildman–Crippen LogP) is 1.74. The summed E-state index contributed by atoms with van der Waals surface area (Å²) in [7, 11) is -3.55. The molecule has 1 aliphatic heterocycles. The molecule has 1 aliphatic rings.